The molecule has 0 saturated heterocycles. The van der Waals surface area contributed by atoms with Gasteiger partial charge in [0.15, 0.2) is 0 Å². The van der Waals surface area contributed by atoms with Crippen LogP contribution < -0.4 is 0 Å². The van der Waals surface area contributed by atoms with Gasteiger partial charge in [0.05, 0.1) is 6.04 Å². The normalized spacial score (nSPS) is 12.3. The topological polar surface area (TPSA) is 59.1 Å². The van der Waals surface area contributed by atoms with E-state index in [1.807, 2.05) is 7.05 Å². The molecule has 0 bridgehead atoms. The van der Waals surface area contributed by atoms with E-state index in [1.165, 1.54) is 77.0 Å². The molecule has 0 fully saturated rings. The van der Waals surface area contributed by atoms with Crippen molar-refractivity contribution in [3.8, 4) is 0 Å². The highest BCUT2D eigenvalue weighted by atomic mass is 16.5. The number of hydrogen-bond donors (Lipinski definition) is 0. The first-order chi connectivity index (χ1) is 24.9. The number of rotatable bonds is 37. The van der Waals surface area contributed by atoms with Crippen LogP contribution in [0.4, 0.5) is 0 Å². The van der Waals surface area contributed by atoms with Crippen molar-refractivity contribution in [2.45, 2.75) is 180 Å². The van der Waals surface area contributed by atoms with E-state index < -0.39 is 0 Å². The molecule has 0 aliphatic carbocycles. The number of likely N-dealkylation sites (N-methyl/N-ethyl adjacent to an activating group) is 1. The lowest BCUT2D eigenvalue weighted by molar-refractivity contribution is -0.149. The van der Waals surface area contributed by atoms with Crippen molar-refractivity contribution in [1.82, 2.24) is 9.80 Å². The van der Waals surface area contributed by atoms with Crippen LogP contribution in [0, 0.1) is 0 Å². The molecule has 0 unspecified atom stereocenters. The summed E-state index contributed by atoms with van der Waals surface area (Å²) >= 11 is 0. The predicted molar refractivity (Wildman–Crippen MR) is 220 cm³/mol. The molecule has 0 rings (SSSR count). The Labute approximate surface area is 316 Å². The fourth-order valence-corrected chi connectivity index (χ4v) is 5.81. The van der Waals surface area contributed by atoms with Crippen molar-refractivity contribution >= 4 is 11.9 Å². The van der Waals surface area contributed by atoms with E-state index in [2.05, 4.69) is 86.4 Å². The molecule has 0 atom stereocenters. The highest BCUT2D eigenvalue weighted by Crippen LogP contribution is 2.12. The number of unbranched alkanes of at least 4 members (excludes halogenated alkanes) is 16. The van der Waals surface area contributed by atoms with Crippen molar-refractivity contribution in [2.24, 2.45) is 0 Å². The van der Waals surface area contributed by atoms with Gasteiger partial charge < -0.3 is 14.4 Å². The average Bonchev–Trinajstić information content (AvgIpc) is 3.11. The van der Waals surface area contributed by atoms with Gasteiger partial charge in [0, 0.05) is 12.8 Å². The Morgan fingerprint density at radius 1 is 0.471 bits per heavy atom. The summed E-state index contributed by atoms with van der Waals surface area (Å²) in [6.07, 6.45) is 45.8. The van der Waals surface area contributed by atoms with Crippen LogP contribution >= 0.6 is 0 Å². The molecule has 6 nitrogen and oxygen atoms in total. The summed E-state index contributed by atoms with van der Waals surface area (Å²) < 4.78 is 11.4. The zero-order valence-corrected chi connectivity index (χ0v) is 34.2. The quantitative estimate of drug-likeness (QED) is 0.0363. The van der Waals surface area contributed by atoms with E-state index >= 15 is 0 Å². The summed E-state index contributed by atoms with van der Waals surface area (Å²) in [6, 6.07) is -0.130. The second-order valence-electron chi connectivity index (χ2n) is 14.6. The van der Waals surface area contributed by atoms with Crippen LogP contribution in [0.5, 0.6) is 0 Å². The molecule has 0 aliphatic heterocycles. The molecule has 0 N–H and O–H groups in total. The molecule has 0 aliphatic rings. The van der Waals surface area contributed by atoms with Gasteiger partial charge in [-0.2, -0.15) is 0 Å². The minimum absolute atomic E-state index is 0.130. The first-order valence-corrected chi connectivity index (χ1v) is 21.2. The average molecular weight is 715 g/mol. The third-order valence-corrected chi connectivity index (χ3v) is 9.28. The van der Waals surface area contributed by atoms with Crippen LogP contribution in [-0.2, 0) is 19.1 Å². The number of esters is 2. The number of hydrogen-bond acceptors (Lipinski definition) is 6. The van der Waals surface area contributed by atoms with Gasteiger partial charge in [0.2, 0.25) is 0 Å². The molecule has 0 radical (unpaired) electrons. The van der Waals surface area contributed by atoms with Crippen LogP contribution in [0.2, 0.25) is 0 Å². The maximum Gasteiger partial charge on any atom is 0.305 e. The lowest BCUT2D eigenvalue weighted by atomic mass is 10.1. The van der Waals surface area contributed by atoms with E-state index in [0.29, 0.717) is 12.8 Å². The monoisotopic (exact) mass is 715 g/mol. The molecule has 51 heavy (non-hydrogen) atoms. The van der Waals surface area contributed by atoms with E-state index in [0.717, 1.165) is 83.7 Å². The Bertz CT molecular complexity index is 833. The lowest BCUT2D eigenvalue weighted by Gasteiger charge is -2.28. The molecule has 296 valence electrons. The third kappa shape index (κ3) is 37.4. The third-order valence-electron chi connectivity index (χ3n) is 9.28. The Hall–Kier alpha value is -2.18. The van der Waals surface area contributed by atoms with Crippen molar-refractivity contribution in [3.05, 3.63) is 48.6 Å². The molecule has 0 saturated carbocycles. The number of ether oxygens (including phenoxy) is 2. The Kier molecular flexibility index (Phi) is 37.4. The van der Waals surface area contributed by atoms with Gasteiger partial charge in [-0.15, -0.1) is 0 Å². The molecular weight excluding hydrogens is 633 g/mol. The predicted octanol–water partition coefficient (Wildman–Crippen LogP) is 12.0. The van der Waals surface area contributed by atoms with Crippen LogP contribution in [0.1, 0.15) is 174 Å². The fraction of sp³-hybridized carbons (Fsp3) is 0.778. The maximum atomic E-state index is 12.5. The van der Waals surface area contributed by atoms with Crippen LogP contribution in [0.15, 0.2) is 48.6 Å². The summed E-state index contributed by atoms with van der Waals surface area (Å²) in [5.74, 6) is -0.298. The van der Waals surface area contributed by atoms with Crippen molar-refractivity contribution in [2.75, 3.05) is 47.4 Å². The summed E-state index contributed by atoms with van der Waals surface area (Å²) in [4.78, 5) is 29.4. The Morgan fingerprint density at radius 3 is 1.24 bits per heavy atom. The zero-order chi connectivity index (χ0) is 37.5. The molecule has 0 spiro atoms. The first-order valence-electron chi connectivity index (χ1n) is 21.2. The summed E-state index contributed by atoms with van der Waals surface area (Å²) in [6.45, 7) is 6.84. The zero-order valence-electron chi connectivity index (χ0n) is 34.2. The summed E-state index contributed by atoms with van der Waals surface area (Å²) in [7, 11) is 6.17. The molecule has 0 amide bonds. The van der Waals surface area contributed by atoms with Crippen molar-refractivity contribution in [1.29, 1.82) is 0 Å². The fourth-order valence-electron chi connectivity index (χ4n) is 5.81. The highest BCUT2D eigenvalue weighted by Gasteiger charge is 2.19. The molecule has 0 aromatic rings. The van der Waals surface area contributed by atoms with Gasteiger partial charge in [0.25, 0.3) is 0 Å². The first kappa shape index (κ1) is 48.8. The van der Waals surface area contributed by atoms with E-state index in [9.17, 15) is 9.59 Å². The second-order valence-corrected chi connectivity index (χ2v) is 14.6. The van der Waals surface area contributed by atoms with Crippen molar-refractivity contribution in [3.63, 3.8) is 0 Å². The Balaban J connectivity index is 4.16. The number of carbonyl (C=O) groups excluding carboxylic acids is 2. The number of allylic oxidation sites excluding steroid dienone is 8. The smallest absolute Gasteiger partial charge is 0.305 e. The molecule has 0 aromatic carbocycles. The second kappa shape index (κ2) is 39.0. The van der Waals surface area contributed by atoms with E-state index in [4.69, 9.17) is 9.47 Å². The van der Waals surface area contributed by atoms with Gasteiger partial charge in [0.1, 0.15) is 13.2 Å². The largest absolute Gasteiger partial charge is 0.464 e. The maximum absolute atomic E-state index is 12.5. The van der Waals surface area contributed by atoms with Gasteiger partial charge >= 0.3 is 11.9 Å². The molecule has 0 aromatic heterocycles. The Morgan fingerprint density at radius 2 is 0.843 bits per heavy atom. The van der Waals surface area contributed by atoms with Crippen LogP contribution in [0.25, 0.3) is 0 Å². The van der Waals surface area contributed by atoms with Gasteiger partial charge in [-0.3, -0.25) is 14.5 Å². The van der Waals surface area contributed by atoms with Crippen molar-refractivity contribution < 1.29 is 19.1 Å². The minimum atomic E-state index is -0.149. The van der Waals surface area contributed by atoms with E-state index in [1.54, 1.807) is 0 Å². The van der Waals surface area contributed by atoms with Gasteiger partial charge in [-0.1, -0.05) is 127 Å². The summed E-state index contributed by atoms with van der Waals surface area (Å²) in [5.41, 5.74) is 0. The van der Waals surface area contributed by atoms with Gasteiger partial charge in [-0.05, 0) is 118 Å². The van der Waals surface area contributed by atoms with E-state index in [-0.39, 0.29) is 31.2 Å². The standard InChI is InChI=1S/C45H82N2O4/c1-6-8-10-12-14-16-18-20-22-24-26-28-30-32-34-37-44(48)50-41-43(47(5)40-36-39-46(3)4)42-51-45(49)38-35-33-31-29-27-25-23-21-19-17-15-13-11-9-7-2/h14-17,20-23,43H,6-13,18-19,24-42H2,1-5H3/b16-14-,17-15-,22-20-,23-21-. The van der Waals surface area contributed by atoms with Gasteiger partial charge in [-0.25, -0.2) is 0 Å². The lowest BCUT2D eigenvalue weighted by Crippen LogP contribution is -2.41. The number of carbonyl (C=O) groups is 2. The highest BCUT2D eigenvalue weighted by molar-refractivity contribution is 5.69. The van der Waals surface area contributed by atoms with Crippen LogP contribution in [-0.4, -0.2) is 75.2 Å². The molecule has 0 heterocycles. The number of nitrogens with zero attached hydrogens (tertiary/aromatic N) is 2. The van der Waals surface area contributed by atoms with Crippen LogP contribution in [0.3, 0.4) is 0 Å². The summed E-state index contributed by atoms with van der Waals surface area (Å²) in [5, 5.41) is 0. The SMILES string of the molecule is CCCCC/C=C\C/C=C\CCCCCCCC(=O)OCC(COC(=O)CCCCCCC/C=C\C/C=C\CCCCC)N(C)CCCN(C)C. The molecule has 6 heteroatoms. The minimum Gasteiger partial charge on any atom is -0.464 e. The molecular formula is C45H82N2O4.